The molecule has 4 saturated carbocycles. The predicted octanol–water partition coefficient (Wildman–Crippen LogP) is 4.53. The first-order chi connectivity index (χ1) is 20.6. The van der Waals surface area contributed by atoms with E-state index in [0.717, 1.165) is 19.3 Å². The summed E-state index contributed by atoms with van der Waals surface area (Å²) in [4.78, 5) is 25.5. The van der Waals surface area contributed by atoms with E-state index in [0.29, 0.717) is 38.0 Å². The molecule has 10 unspecified atom stereocenters. The van der Waals surface area contributed by atoms with Crippen molar-refractivity contribution >= 4 is 32.3 Å². The van der Waals surface area contributed by atoms with Crippen LogP contribution in [-0.2, 0) is 34.5 Å². The van der Waals surface area contributed by atoms with E-state index < -0.39 is 80.3 Å². The molecule has 260 valence electrons. The van der Waals surface area contributed by atoms with Gasteiger partial charge in [0.05, 0.1) is 5.92 Å². The number of rotatable bonds is 9. The number of hydrogen-bond donors (Lipinski definition) is 3. The van der Waals surface area contributed by atoms with Crippen LogP contribution < -0.4 is 5.32 Å². The van der Waals surface area contributed by atoms with E-state index in [1.54, 1.807) is 0 Å². The second-order valence-electron chi connectivity index (χ2n) is 12.9. The Kier molecular flexibility index (Phi) is 10.7. The van der Waals surface area contributed by atoms with Crippen molar-refractivity contribution in [2.75, 3.05) is 11.5 Å². The van der Waals surface area contributed by atoms with Gasteiger partial charge in [0.15, 0.2) is 0 Å². The fourth-order valence-corrected chi connectivity index (χ4v) is 9.63. The lowest BCUT2D eigenvalue weighted by atomic mass is 9.48. The van der Waals surface area contributed by atoms with E-state index in [2.05, 4.69) is 14.8 Å². The average Bonchev–Trinajstić information content (AvgIpc) is 3.10. The van der Waals surface area contributed by atoms with E-state index in [-0.39, 0.29) is 42.4 Å². The molecule has 19 heteroatoms. The van der Waals surface area contributed by atoms with Crippen LogP contribution in [0.5, 0.6) is 0 Å². The molecule has 0 saturated heterocycles. The molecule has 0 radical (unpaired) electrons. The van der Waals surface area contributed by atoms with Crippen LogP contribution in [0.4, 0.5) is 31.1 Å². The fourth-order valence-electron chi connectivity index (χ4n) is 8.35. The summed E-state index contributed by atoms with van der Waals surface area (Å²) in [6, 6.07) is -0.580. The van der Waals surface area contributed by atoms with Crippen LogP contribution in [0.2, 0.25) is 0 Å². The van der Waals surface area contributed by atoms with Crippen molar-refractivity contribution in [3.8, 4) is 0 Å². The Bertz CT molecular complexity index is 1310. The minimum atomic E-state index is -5.25. The highest BCUT2D eigenvalue weighted by Crippen LogP contribution is 2.59. The fraction of sp³-hybridized carbons (Fsp3) is 0.923. The van der Waals surface area contributed by atoms with Gasteiger partial charge in [-0.2, -0.15) is 43.2 Å². The number of halogens is 6. The molecule has 45 heavy (non-hydrogen) atoms. The van der Waals surface area contributed by atoms with Crippen molar-refractivity contribution in [2.45, 2.75) is 94.8 Å². The van der Waals surface area contributed by atoms with Crippen LogP contribution >= 0.6 is 0 Å². The molecule has 4 aliphatic rings. The van der Waals surface area contributed by atoms with Crippen LogP contribution in [0, 0.1) is 41.4 Å². The second kappa shape index (κ2) is 13.3. The van der Waals surface area contributed by atoms with Crippen LogP contribution in [0.1, 0.15) is 64.2 Å². The topological polar surface area (TPSA) is 173 Å². The second-order valence-corrected chi connectivity index (χ2v) is 15.9. The summed E-state index contributed by atoms with van der Waals surface area (Å²) < 4.78 is 151. The maximum absolute atomic E-state index is 13.4. The Morgan fingerprint density at radius 3 is 1.89 bits per heavy atom. The number of carbonyl (C=O) groups is 2. The lowest BCUT2D eigenvalue weighted by Gasteiger charge is -2.58. The number of alkyl carbamates (subject to hydrolysis) is 1. The molecule has 0 heterocycles. The number of carbonyl (C=O) groups excluding carboxylic acids is 2. The summed E-state index contributed by atoms with van der Waals surface area (Å²) in [5, 5.41) is 2.49. The Morgan fingerprint density at radius 1 is 0.733 bits per heavy atom. The highest BCUT2D eigenvalue weighted by Gasteiger charge is 2.55. The number of alkyl halides is 6. The van der Waals surface area contributed by atoms with Crippen molar-refractivity contribution in [3.63, 3.8) is 0 Å². The largest absolute Gasteiger partial charge is 0.451 e. The van der Waals surface area contributed by atoms with Gasteiger partial charge in [-0.05, 0) is 74.0 Å². The highest BCUT2D eigenvalue weighted by atomic mass is 32.2. The van der Waals surface area contributed by atoms with Gasteiger partial charge in [0.2, 0.25) is 12.2 Å². The Balaban J connectivity index is 1.46. The molecule has 10 atom stereocenters. The number of esters is 1. The molecule has 4 aliphatic carbocycles. The normalized spacial score (nSPS) is 33.9. The minimum Gasteiger partial charge on any atom is -0.451 e. The summed E-state index contributed by atoms with van der Waals surface area (Å²) in [6.45, 7) is 0. The van der Waals surface area contributed by atoms with Gasteiger partial charge < -0.3 is 14.8 Å². The summed E-state index contributed by atoms with van der Waals surface area (Å²) in [7, 11) is -10.2. The number of hydrogen-bond acceptors (Lipinski definition) is 8. The van der Waals surface area contributed by atoms with E-state index in [9.17, 15) is 52.8 Å². The maximum atomic E-state index is 13.4. The molecule has 0 spiro atoms. The van der Waals surface area contributed by atoms with Crippen LogP contribution in [-0.4, -0.2) is 80.1 Å². The molecule has 0 aromatic rings. The lowest BCUT2D eigenvalue weighted by Crippen LogP contribution is -2.58. The Morgan fingerprint density at radius 2 is 1.31 bits per heavy atom. The molecule has 11 nitrogen and oxygen atoms in total. The summed E-state index contributed by atoms with van der Waals surface area (Å²) >= 11 is 0. The van der Waals surface area contributed by atoms with Gasteiger partial charge in [-0.25, -0.2) is 4.79 Å². The van der Waals surface area contributed by atoms with Gasteiger partial charge >= 0.3 is 24.4 Å². The third-order valence-corrected chi connectivity index (χ3v) is 11.4. The van der Waals surface area contributed by atoms with E-state index in [1.807, 2.05) is 0 Å². The van der Waals surface area contributed by atoms with E-state index in [1.165, 1.54) is 0 Å². The first kappa shape index (κ1) is 36.0. The van der Waals surface area contributed by atoms with Gasteiger partial charge in [-0.3, -0.25) is 13.9 Å². The monoisotopic (exact) mass is 701 g/mol. The average molecular weight is 702 g/mol. The molecule has 0 aliphatic heterocycles. The summed E-state index contributed by atoms with van der Waals surface area (Å²) in [6.07, 6.45) is -12.3. The molecule has 3 bridgehead atoms. The van der Waals surface area contributed by atoms with Gasteiger partial charge in [-0.15, -0.1) is 0 Å². The van der Waals surface area contributed by atoms with Crippen LogP contribution in [0.15, 0.2) is 0 Å². The quantitative estimate of drug-likeness (QED) is 0.134. The smallest absolute Gasteiger partial charge is 0.426 e. The van der Waals surface area contributed by atoms with Crippen molar-refractivity contribution in [1.29, 1.82) is 0 Å². The zero-order chi connectivity index (χ0) is 33.5. The molecule has 3 N–H and O–H groups in total. The standard InChI is InChI=1S/C26H37F6NO10S2/c27-25(28,29)20(11-44(36,37)38)42-23(34)15-4-2-1-3-14(9-15)22-16-7-13-5-6-17(18(22)8-13)19(10-16)33-24(35)43-21(26(30,31)32)12-45(39,40)41/h13-22H,1-12H2,(H,33,35)(H,36,37,38)(H,39,40,41). The lowest BCUT2D eigenvalue weighted by molar-refractivity contribution is -0.218. The molecule has 4 fully saturated rings. The molecule has 0 aromatic heterocycles. The Labute approximate surface area is 256 Å². The number of nitrogens with one attached hydrogen (secondary N) is 1. The van der Waals surface area contributed by atoms with Crippen molar-refractivity contribution in [1.82, 2.24) is 5.32 Å². The third-order valence-electron chi connectivity index (χ3n) is 9.92. The van der Waals surface area contributed by atoms with Crippen molar-refractivity contribution < 1.29 is 71.3 Å². The van der Waals surface area contributed by atoms with Gasteiger partial charge in [0.1, 0.15) is 11.5 Å². The highest BCUT2D eigenvalue weighted by molar-refractivity contribution is 7.86. The van der Waals surface area contributed by atoms with Crippen LogP contribution in [0.25, 0.3) is 0 Å². The van der Waals surface area contributed by atoms with E-state index in [4.69, 9.17) is 9.11 Å². The molecular formula is C26H37F6NO10S2. The van der Waals surface area contributed by atoms with Crippen LogP contribution in [0.3, 0.4) is 0 Å². The zero-order valence-electron chi connectivity index (χ0n) is 24.0. The number of fused-ring (bicyclic) bond motifs is 2. The van der Waals surface area contributed by atoms with Gasteiger partial charge in [0.25, 0.3) is 20.2 Å². The van der Waals surface area contributed by atoms with Crippen molar-refractivity contribution in [3.05, 3.63) is 0 Å². The predicted molar refractivity (Wildman–Crippen MR) is 143 cm³/mol. The maximum Gasteiger partial charge on any atom is 0.426 e. The minimum absolute atomic E-state index is 0.00000792. The molecule has 1 amide bonds. The van der Waals surface area contributed by atoms with Crippen molar-refractivity contribution in [2.24, 2.45) is 41.4 Å². The summed E-state index contributed by atoms with van der Waals surface area (Å²) in [5.41, 5.74) is 0. The SMILES string of the molecule is O=C(NC1CC2CC3CCC1C(C3)C2C1CCCCC(C(=O)OC(CS(=O)(=O)O)C(F)(F)F)C1)OC(CS(=O)(=O)O)C(F)(F)F. The Hall–Kier alpha value is -1.86. The molecular weight excluding hydrogens is 664 g/mol. The summed E-state index contributed by atoms with van der Waals surface area (Å²) in [5.74, 6) is -5.67. The number of amides is 1. The van der Waals surface area contributed by atoms with Gasteiger partial charge in [0, 0.05) is 6.04 Å². The zero-order valence-corrected chi connectivity index (χ0v) is 25.6. The number of ether oxygens (including phenoxy) is 2. The third kappa shape index (κ3) is 9.59. The first-order valence-electron chi connectivity index (χ1n) is 14.8. The van der Waals surface area contributed by atoms with Gasteiger partial charge in [-0.1, -0.05) is 25.7 Å². The first-order valence-corrected chi connectivity index (χ1v) is 18.0. The molecule has 4 rings (SSSR count). The molecule has 0 aromatic carbocycles. The van der Waals surface area contributed by atoms with E-state index >= 15 is 0 Å².